The van der Waals surface area contributed by atoms with E-state index in [1.807, 2.05) is 0 Å². The van der Waals surface area contributed by atoms with Crippen molar-refractivity contribution in [1.82, 2.24) is 0 Å². The van der Waals surface area contributed by atoms with Crippen molar-refractivity contribution < 1.29 is 13.9 Å². The van der Waals surface area contributed by atoms with Crippen LogP contribution in [0.3, 0.4) is 0 Å². The molecular formula is C16H34O3Si. The van der Waals surface area contributed by atoms with Gasteiger partial charge in [-0.3, -0.25) is 0 Å². The minimum atomic E-state index is 0.642. The summed E-state index contributed by atoms with van der Waals surface area (Å²) < 4.78 is 16.5. The highest BCUT2D eigenvalue weighted by Crippen LogP contribution is 2.02. The fourth-order valence-electron chi connectivity index (χ4n) is 1.82. The van der Waals surface area contributed by atoms with Crippen molar-refractivity contribution in [3.8, 4) is 0 Å². The van der Waals surface area contributed by atoms with Crippen molar-refractivity contribution in [2.45, 2.75) is 71.3 Å². The first-order valence-electron chi connectivity index (χ1n) is 8.42. The summed E-state index contributed by atoms with van der Waals surface area (Å²) in [6, 6.07) is 1.20. The maximum absolute atomic E-state index is 5.52. The molecular weight excluding hydrogens is 268 g/mol. The van der Waals surface area contributed by atoms with Gasteiger partial charge in [0.25, 0.3) is 0 Å². The second-order valence-electron chi connectivity index (χ2n) is 5.09. The summed E-state index contributed by atoms with van der Waals surface area (Å²) in [6.07, 6.45) is 10.4. The van der Waals surface area contributed by atoms with Gasteiger partial charge in [0.2, 0.25) is 9.76 Å². The Bertz CT molecular complexity index is 150. The van der Waals surface area contributed by atoms with E-state index in [9.17, 15) is 0 Å². The fraction of sp³-hybridized carbons (Fsp3) is 1.00. The monoisotopic (exact) mass is 302 g/mol. The summed E-state index contributed by atoms with van der Waals surface area (Å²) in [7, 11) is 0.642. The van der Waals surface area contributed by atoms with Crippen molar-refractivity contribution in [3.05, 3.63) is 0 Å². The molecule has 0 saturated heterocycles. The molecule has 0 heterocycles. The van der Waals surface area contributed by atoms with Gasteiger partial charge in [0.15, 0.2) is 0 Å². The molecule has 0 fully saturated rings. The van der Waals surface area contributed by atoms with Crippen LogP contribution in [0.2, 0.25) is 6.04 Å². The van der Waals surface area contributed by atoms with Gasteiger partial charge in [-0.05, 0) is 12.5 Å². The van der Waals surface area contributed by atoms with Gasteiger partial charge in [-0.2, -0.15) is 0 Å². The molecule has 0 bridgehead atoms. The van der Waals surface area contributed by atoms with Crippen molar-refractivity contribution in [1.29, 1.82) is 0 Å². The molecule has 4 heteroatoms. The lowest BCUT2D eigenvalue weighted by Gasteiger charge is -2.06. The Hall–Kier alpha value is 0.0969. The molecule has 0 rings (SSSR count). The van der Waals surface area contributed by atoms with E-state index in [0.717, 1.165) is 13.2 Å². The molecule has 3 nitrogen and oxygen atoms in total. The smallest absolute Gasteiger partial charge is 0.229 e. The molecule has 0 aromatic rings. The number of unbranched alkanes of at least 4 members (excludes halogenated alkanes) is 6. The van der Waals surface area contributed by atoms with Crippen LogP contribution in [0.5, 0.6) is 0 Å². The van der Waals surface area contributed by atoms with Crippen LogP contribution in [0.25, 0.3) is 0 Å². The summed E-state index contributed by atoms with van der Waals surface area (Å²) in [4.78, 5) is 0. The van der Waals surface area contributed by atoms with Gasteiger partial charge in [0.05, 0.1) is 26.4 Å². The van der Waals surface area contributed by atoms with Crippen molar-refractivity contribution in [2.24, 2.45) is 0 Å². The Morgan fingerprint density at radius 1 is 0.600 bits per heavy atom. The number of hydrogen-bond donors (Lipinski definition) is 0. The molecule has 0 aliphatic heterocycles. The molecule has 0 aromatic heterocycles. The Kier molecular flexibility index (Phi) is 19.2. The average Bonchev–Trinajstić information content (AvgIpc) is 2.47. The summed E-state index contributed by atoms with van der Waals surface area (Å²) in [5.74, 6) is 0. The summed E-state index contributed by atoms with van der Waals surface area (Å²) in [5, 5.41) is 0. The standard InChI is InChI=1S/C16H34O3Si/c1-3-5-7-8-9-11-17-12-13-18-14-15-19-20-16-10-6-4-2/h3-16H2,1-2H3. The molecule has 20 heavy (non-hydrogen) atoms. The van der Waals surface area contributed by atoms with Gasteiger partial charge >= 0.3 is 0 Å². The highest BCUT2D eigenvalue weighted by atomic mass is 28.2. The number of ether oxygens (including phenoxy) is 2. The third kappa shape index (κ3) is 18.1. The molecule has 0 aromatic carbocycles. The van der Waals surface area contributed by atoms with E-state index in [1.165, 1.54) is 57.4 Å². The Labute approximate surface area is 128 Å². The van der Waals surface area contributed by atoms with E-state index in [1.54, 1.807) is 0 Å². The van der Waals surface area contributed by atoms with Gasteiger partial charge < -0.3 is 13.9 Å². The first kappa shape index (κ1) is 20.1. The second kappa shape index (κ2) is 19.1. The average molecular weight is 303 g/mol. The molecule has 0 saturated carbocycles. The largest absolute Gasteiger partial charge is 0.415 e. The quantitative estimate of drug-likeness (QED) is 0.297. The van der Waals surface area contributed by atoms with E-state index in [2.05, 4.69) is 13.8 Å². The predicted molar refractivity (Wildman–Crippen MR) is 86.4 cm³/mol. The van der Waals surface area contributed by atoms with Crippen molar-refractivity contribution in [3.63, 3.8) is 0 Å². The third-order valence-corrected chi connectivity index (χ3v) is 4.04. The fourth-order valence-corrected chi connectivity index (χ4v) is 2.59. The van der Waals surface area contributed by atoms with E-state index in [0.29, 0.717) is 29.6 Å². The zero-order chi connectivity index (χ0) is 14.7. The van der Waals surface area contributed by atoms with Gasteiger partial charge in [0.1, 0.15) is 0 Å². The van der Waals surface area contributed by atoms with Gasteiger partial charge in [-0.1, -0.05) is 58.8 Å². The lowest BCUT2D eigenvalue weighted by Crippen LogP contribution is -2.11. The van der Waals surface area contributed by atoms with Crippen LogP contribution in [-0.2, 0) is 13.9 Å². The van der Waals surface area contributed by atoms with Crippen LogP contribution < -0.4 is 0 Å². The number of rotatable bonds is 17. The Morgan fingerprint density at radius 3 is 1.95 bits per heavy atom. The minimum absolute atomic E-state index is 0.642. The maximum Gasteiger partial charge on any atom is 0.229 e. The van der Waals surface area contributed by atoms with Gasteiger partial charge in [-0.25, -0.2) is 0 Å². The highest BCUT2D eigenvalue weighted by molar-refractivity contribution is 6.26. The molecule has 0 aliphatic carbocycles. The Balaban J connectivity index is 2.89. The summed E-state index contributed by atoms with van der Waals surface area (Å²) >= 11 is 0. The van der Waals surface area contributed by atoms with E-state index in [4.69, 9.17) is 13.9 Å². The minimum Gasteiger partial charge on any atom is -0.415 e. The van der Waals surface area contributed by atoms with Gasteiger partial charge in [0, 0.05) is 6.61 Å². The van der Waals surface area contributed by atoms with E-state index >= 15 is 0 Å². The normalized spacial score (nSPS) is 11.1. The lowest BCUT2D eigenvalue weighted by atomic mass is 10.2. The highest BCUT2D eigenvalue weighted by Gasteiger charge is 1.94. The van der Waals surface area contributed by atoms with E-state index < -0.39 is 0 Å². The molecule has 0 atom stereocenters. The molecule has 120 valence electrons. The topological polar surface area (TPSA) is 27.7 Å². The van der Waals surface area contributed by atoms with Crippen molar-refractivity contribution >= 4 is 9.76 Å². The summed E-state index contributed by atoms with van der Waals surface area (Å²) in [5.41, 5.74) is 0. The number of hydrogen-bond acceptors (Lipinski definition) is 3. The molecule has 0 N–H and O–H groups in total. The van der Waals surface area contributed by atoms with Crippen LogP contribution >= 0.6 is 0 Å². The second-order valence-corrected chi connectivity index (χ2v) is 6.17. The van der Waals surface area contributed by atoms with Crippen molar-refractivity contribution in [2.75, 3.05) is 33.0 Å². The molecule has 0 unspecified atom stereocenters. The van der Waals surface area contributed by atoms with Crippen LogP contribution in [0.1, 0.15) is 65.2 Å². The third-order valence-electron chi connectivity index (χ3n) is 3.08. The molecule has 2 radical (unpaired) electrons. The van der Waals surface area contributed by atoms with E-state index in [-0.39, 0.29) is 0 Å². The lowest BCUT2D eigenvalue weighted by molar-refractivity contribution is 0.0355. The van der Waals surface area contributed by atoms with Crippen LogP contribution in [-0.4, -0.2) is 42.8 Å². The predicted octanol–water partition coefficient (Wildman–Crippen LogP) is 4.23. The molecule has 0 amide bonds. The Morgan fingerprint density at radius 2 is 1.20 bits per heavy atom. The van der Waals surface area contributed by atoms with Crippen LogP contribution in [0.15, 0.2) is 0 Å². The zero-order valence-corrected chi connectivity index (χ0v) is 14.6. The molecule has 0 aliphatic rings. The van der Waals surface area contributed by atoms with Crippen LogP contribution in [0, 0.1) is 0 Å². The molecule has 0 spiro atoms. The SMILES string of the molecule is CCCCCCCOCCOCCO[Si]CCCCC. The maximum atomic E-state index is 5.52. The summed E-state index contributed by atoms with van der Waals surface area (Å²) in [6.45, 7) is 8.17. The first-order valence-corrected chi connectivity index (χ1v) is 9.53. The first-order chi connectivity index (χ1) is 9.91. The van der Waals surface area contributed by atoms with Crippen LogP contribution in [0.4, 0.5) is 0 Å². The van der Waals surface area contributed by atoms with Gasteiger partial charge in [-0.15, -0.1) is 0 Å². The zero-order valence-electron chi connectivity index (χ0n) is 13.6.